The highest BCUT2D eigenvalue weighted by molar-refractivity contribution is 9.09. The maximum Gasteiger partial charge on any atom is 0.308 e. The quantitative estimate of drug-likeness (QED) is 0.221. The molecule has 2 N–H and O–H groups in total. The molecule has 0 aliphatic carbocycles. The third-order valence-electron chi connectivity index (χ3n) is 7.64. The molecule has 0 aromatic rings. The van der Waals surface area contributed by atoms with Gasteiger partial charge in [0, 0.05) is 35.3 Å². The average molecular weight is 574 g/mol. The van der Waals surface area contributed by atoms with E-state index in [0.29, 0.717) is 32.4 Å². The minimum atomic E-state index is -0.962. The fraction of sp³-hybridized carbons (Fsp3) is 0.808. The first-order valence-electron chi connectivity index (χ1n) is 12.6. The fourth-order valence-corrected chi connectivity index (χ4v) is 10.4. The highest BCUT2D eigenvalue weighted by atomic mass is 79.9. The summed E-state index contributed by atoms with van der Waals surface area (Å²) in [6, 6.07) is -0.715. The molecule has 3 aliphatic rings. The third-order valence-corrected chi connectivity index (χ3v) is 10.9. The number of hydrogen-bond donors (Lipinski definition) is 2. The molecule has 3 fully saturated rings. The van der Waals surface area contributed by atoms with Crippen LogP contribution in [-0.4, -0.2) is 83.9 Å². The summed E-state index contributed by atoms with van der Waals surface area (Å²) in [6.07, 6.45) is 5.12. The monoisotopic (exact) mass is 572 g/mol. The summed E-state index contributed by atoms with van der Waals surface area (Å²) in [7, 11) is 0. The van der Waals surface area contributed by atoms with Crippen molar-refractivity contribution in [2.75, 3.05) is 19.7 Å². The van der Waals surface area contributed by atoms with Gasteiger partial charge < -0.3 is 20.0 Å². The summed E-state index contributed by atoms with van der Waals surface area (Å²) < 4.78 is -0.760. The topological polar surface area (TPSA) is 98.2 Å². The molecule has 1 spiro atoms. The molecule has 3 rings (SSSR count). The number of carbonyl (C=O) groups is 3. The smallest absolute Gasteiger partial charge is 0.308 e. The Balaban J connectivity index is 2.05. The number of carboxylic acid groups (broad SMARTS) is 1. The van der Waals surface area contributed by atoms with Crippen LogP contribution in [0.25, 0.3) is 0 Å². The SMILES string of the molecule is C=CCN(C(=O)C1N(CCCCCO)C(=O)[C@@H]2[C@H](C(=O)O)[C@H]3SC12CC3Br)C(C)(C)CC(C)(C)C. The van der Waals surface area contributed by atoms with Crippen LogP contribution in [0.2, 0.25) is 0 Å². The lowest BCUT2D eigenvalue weighted by molar-refractivity contribution is -0.149. The number of halogens is 1. The lowest BCUT2D eigenvalue weighted by Gasteiger charge is -2.46. The number of alkyl halides is 1. The Hall–Kier alpha value is -1.06. The number of rotatable bonds is 11. The molecule has 3 unspecified atom stereocenters. The van der Waals surface area contributed by atoms with Gasteiger partial charge in [-0.25, -0.2) is 0 Å². The van der Waals surface area contributed by atoms with Crippen molar-refractivity contribution < 1.29 is 24.6 Å². The molecule has 0 saturated carbocycles. The molecule has 7 nitrogen and oxygen atoms in total. The Labute approximate surface area is 222 Å². The van der Waals surface area contributed by atoms with Crippen molar-refractivity contribution in [2.24, 2.45) is 17.3 Å². The van der Waals surface area contributed by atoms with Crippen LogP contribution in [0.15, 0.2) is 12.7 Å². The molecule has 3 aliphatic heterocycles. The Morgan fingerprint density at radius 3 is 2.46 bits per heavy atom. The summed E-state index contributed by atoms with van der Waals surface area (Å²) >= 11 is 5.23. The zero-order valence-corrected chi connectivity index (χ0v) is 24.0. The number of thioether (sulfide) groups is 1. The zero-order valence-electron chi connectivity index (χ0n) is 21.6. The molecular weight excluding hydrogens is 532 g/mol. The molecule has 0 aromatic heterocycles. The first-order chi connectivity index (χ1) is 16.2. The summed E-state index contributed by atoms with van der Waals surface area (Å²) in [5.74, 6) is -2.79. The van der Waals surface area contributed by atoms with Crippen LogP contribution in [-0.2, 0) is 14.4 Å². The van der Waals surface area contributed by atoms with Gasteiger partial charge >= 0.3 is 5.97 Å². The lowest BCUT2D eigenvalue weighted by Crippen LogP contribution is -2.60. The number of carbonyl (C=O) groups excluding carboxylic acids is 2. The van der Waals surface area contributed by atoms with E-state index in [1.807, 2.05) is 4.90 Å². The van der Waals surface area contributed by atoms with Gasteiger partial charge in [-0.1, -0.05) is 42.8 Å². The first kappa shape index (κ1) is 28.5. The van der Waals surface area contributed by atoms with E-state index in [-0.39, 0.29) is 33.9 Å². The van der Waals surface area contributed by atoms with Gasteiger partial charge in [0.2, 0.25) is 11.8 Å². The van der Waals surface area contributed by atoms with E-state index in [4.69, 9.17) is 0 Å². The fourth-order valence-electron chi connectivity index (χ4n) is 6.81. The Morgan fingerprint density at radius 1 is 1.26 bits per heavy atom. The minimum absolute atomic E-state index is 0.0184. The Kier molecular flexibility index (Phi) is 8.44. The lowest BCUT2D eigenvalue weighted by atomic mass is 9.70. The van der Waals surface area contributed by atoms with Crippen LogP contribution in [0.3, 0.4) is 0 Å². The van der Waals surface area contributed by atoms with Crippen LogP contribution in [0.1, 0.15) is 66.7 Å². The predicted octanol–water partition coefficient (Wildman–Crippen LogP) is 3.93. The third kappa shape index (κ3) is 5.19. The number of likely N-dealkylation sites (tertiary alicyclic amines) is 1. The van der Waals surface area contributed by atoms with Gasteiger partial charge in [-0.15, -0.1) is 18.3 Å². The van der Waals surface area contributed by atoms with Gasteiger partial charge in [-0.3, -0.25) is 14.4 Å². The summed E-state index contributed by atoms with van der Waals surface area (Å²) in [5.41, 5.74) is -0.499. The number of carboxylic acids is 1. The second-order valence-electron chi connectivity index (χ2n) is 12.1. The molecule has 0 radical (unpaired) electrons. The number of unbranched alkanes of at least 4 members (excludes halogenated alkanes) is 2. The second-order valence-corrected chi connectivity index (χ2v) is 14.8. The van der Waals surface area contributed by atoms with Crippen LogP contribution in [0.5, 0.6) is 0 Å². The molecule has 35 heavy (non-hydrogen) atoms. The minimum Gasteiger partial charge on any atom is -0.481 e. The molecule has 3 heterocycles. The van der Waals surface area contributed by atoms with E-state index in [0.717, 1.165) is 12.8 Å². The van der Waals surface area contributed by atoms with E-state index >= 15 is 0 Å². The summed E-state index contributed by atoms with van der Waals surface area (Å²) in [4.78, 5) is 44.1. The second kappa shape index (κ2) is 10.4. The Morgan fingerprint density at radius 2 is 1.91 bits per heavy atom. The van der Waals surface area contributed by atoms with Crippen molar-refractivity contribution >= 4 is 45.5 Å². The van der Waals surface area contributed by atoms with Gasteiger partial charge in [0.05, 0.1) is 16.6 Å². The van der Waals surface area contributed by atoms with Crippen molar-refractivity contribution in [2.45, 2.75) is 93.1 Å². The number of aliphatic hydroxyl groups excluding tert-OH is 1. The molecule has 6 atom stereocenters. The first-order valence-corrected chi connectivity index (χ1v) is 14.4. The molecule has 198 valence electrons. The largest absolute Gasteiger partial charge is 0.481 e. The van der Waals surface area contributed by atoms with E-state index < -0.39 is 34.1 Å². The number of fused-ring (bicyclic) bond motifs is 1. The molecule has 2 amide bonds. The van der Waals surface area contributed by atoms with Crippen molar-refractivity contribution in [1.29, 1.82) is 0 Å². The van der Waals surface area contributed by atoms with Crippen molar-refractivity contribution in [3.63, 3.8) is 0 Å². The normalized spacial score (nSPS) is 32.1. The van der Waals surface area contributed by atoms with Gasteiger partial charge in [-0.2, -0.15) is 0 Å². The van der Waals surface area contributed by atoms with Crippen LogP contribution in [0.4, 0.5) is 0 Å². The van der Waals surface area contributed by atoms with E-state index in [1.54, 1.807) is 11.0 Å². The van der Waals surface area contributed by atoms with Gasteiger partial charge in [0.25, 0.3) is 0 Å². The van der Waals surface area contributed by atoms with Gasteiger partial charge in [0.1, 0.15) is 6.04 Å². The molecule has 9 heteroatoms. The average Bonchev–Trinajstić information content (AvgIpc) is 3.31. The number of amides is 2. The maximum absolute atomic E-state index is 14.5. The van der Waals surface area contributed by atoms with Gasteiger partial charge in [0.15, 0.2) is 0 Å². The van der Waals surface area contributed by atoms with Crippen LogP contribution >= 0.6 is 27.7 Å². The number of aliphatic carboxylic acids is 1. The summed E-state index contributed by atoms with van der Waals surface area (Å²) in [5, 5.41) is 19.0. The van der Waals surface area contributed by atoms with Crippen molar-refractivity contribution in [3.8, 4) is 0 Å². The Bertz CT molecular complexity index is 859. The van der Waals surface area contributed by atoms with E-state index in [1.165, 1.54) is 11.8 Å². The number of nitrogens with zero attached hydrogens (tertiary/aromatic N) is 2. The number of hydrogen-bond acceptors (Lipinski definition) is 5. The number of aliphatic hydroxyl groups is 1. The summed E-state index contributed by atoms with van der Waals surface area (Å²) in [6.45, 7) is 15.3. The highest BCUT2D eigenvalue weighted by Gasteiger charge is 2.76. The van der Waals surface area contributed by atoms with Crippen LogP contribution in [0, 0.1) is 17.3 Å². The van der Waals surface area contributed by atoms with Crippen molar-refractivity contribution in [3.05, 3.63) is 12.7 Å². The van der Waals surface area contributed by atoms with Crippen molar-refractivity contribution in [1.82, 2.24) is 9.80 Å². The molecule has 2 bridgehead atoms. The standard InChI is InChI=1S/C26H41BrN2O5S/c1-7-11-29(25(5,6)15-24(2,3)4)22(32)20-26-14-16(27)19(35-26)17(23(33)34)18(26)21(31)28(20)12-9-8-10-13-30/h7,16-20,30H,1,8-15H2,2-6H3,(H,33,34)/t16?,17-,18-,19-,20?,26?/m0/s1. The maximum atomic E-state index is 14.5. The highest BCUT2D eigenvalue weighted by Crippen LogP contribution is 2.68. The molecule has 0 aromatic carbocycles. The van der Waals surface area contributed by atoms with E-state index in [2.05, 4.69) is 57.1 Å². The van der Waals surface area contributed by atoms with Crippen LogP contribution < -0.4 is 0 Å². The molecule has 3 saturated heterocycles. The van der Waals surface area contributed by atoms with E-state index in [9.17, 15) is 24.6 Å². The van der Waals surface area contributed by atoms with Gasteiger partial charge in [-0.05, 0) is 51.4 Å². The molecular formula is C26H41BrN2O5S. The zero-order chi connectivity index (χ0) is 26.3. The predicted molar refractivity (Wildman–Crippen MR) is 143 cm³/mol.